The highest BCUT2D eigenvalue weighted by molar-refractivity contribution is 5.75. The molecule has 5 heteroatoms. The van der Waals surface area contributed by atoms with Crippen molar-refractivity contribution >= 4 is 11.9 Å². The summed E-state index contributed by atoms with van der Waals surface area (Å²) in [6.07, 6.45) is 2.11. The van der Waals surface area contributed by atoms with Crippen molar-refractivity contribution in [2.45, 2.75) is 107 Å². The fourth-order valence-electron chi connectivity index (χ4n) is 4.18. The summed E-state index contributed by atoms with van der Waals surface area (Å²) in [7, 11) is 0. The highest BCUT2D eigenvalue weighted by Gasteiger charge is 2.24. The zero-order valence-corrected chi connectivity index (χ0v) is 25.4. The maximum absolute atomic E-state index is 12.5. The molecule has 0 fully saturated rings. The van der Waals surface area contributed by atoms with E-state index in [9.17, 15) is 9.59 Å². The molecular formula is C33H51NO4. The molecule has 0 heterocycles. The van der Waals surface area contributed by atoms with Crippen LogP contribution in [0.3, 0.4) is 0 Å². The Morgan fingerprint density at radius 1 is 0.789 bits per heavy atom. The minimum Gasteiger partial charge on any atom is -0.461 e. The Morgan fingerprint density at radius 3 is 1.84 bits per heavy atom. The summed E-state index contributed by atoms with van der Waals surface area (Å²) in [5.74, 6) is -0.323. The molecule has 1 atom stereocenters. The van der Waals surface area contributed by atoms with Crippen molar-refractivity contribution in [1.82, 2.24) is 4.90 Å². The lowest BCUT2D eigenvalue weighted by molar-refractivity contribution is -0.148. The van der Waals surface area contributed by atoms with Crippen LogP contribution in [0.15, 0.2) is 48.5 Å². The Labute approximate surface area is 231 Å². The molecular weight excluding hydrogens is 474 g/mol. The molecule has 1 unspecified atom stereocenters. The van der Waals surface area contributed by atoms with Crippen LogP contribution in [0.25, 0.3) is 0 Å². The van der Waals surface area contributed by atoms with Gasteiger partial charge in [0.15, 0.2) is 0 Å². The summed E-state index contributed by atoms with van der Waals surface area (Å²) in [5, 5.41) is 0. The molecule has 0 aromatic heterocycles. The van der Waals surface area contributed by atoms with Crippen LogP contribution in [0.4, 0.5) is 0 Å². The van der Waals surface area contributed by atoms with Gasteiger partial charge in [-0.25, -0.2) is 0 Å². The molecule has 38 heavy (non-hydrogen) atoms. The molecule has 0 bridgehead atoms. The maximum atomic E-state index is 12.5. The fraction of sp³-hybridized carbons (Fsp3) is 0.576. The van der Waals surface area contributed by atoms with Gasteiger partial charge in [0, 0.05) is 23.6 Å². The van der Waals surface area contributed by atoms with Crippen molar-refractivity contribution in [3.05, 3.63) is 65.2 Å². The average molecular weight is 526 g/mol. The predicted molar refractivity (Wildman–Crippen MR) is 157 cm³/mol. The molecule has 2 rings (SSSR count). The van der Waals surface area contributed by atoms with E-state index < -0.39 is 0 Å². The van der Waals surface area contributed by atoms with E-state index in [2.05, 4.69) is 58.6 Å². The minimum absolute atomic E-state index is 0.0203. The van der Waals surface area contributed by atoms with Crippen molar-refractivity contribution in [2.75, 3.05) is 6.54 Å². The zero-order chi connectivity index (χ0) is 28.8. The van der Waals surface area contributed by atoms with Gasteiger partial charge in [-0.1, -0.05) is 84.4 Å². The highest BCUT2D eigenvalue weighted by atomic mass is 16.5. The van der Waals surface area contributed by atoms with E-state index in [0.717, 1.165) is 29.7 Å². The number of hydrogen-bond acceptors (Lipinski definition) is 5. The van der Waals surface area contributed by atoms with Gasteiger partial charge in [-0.05, 0) is 63.9 Å². The molecule has 212 valence electrons. The van der Waals surface area contributed by atoms with Gasteiger partial charge in [0.25, 0.3) is 0 Å². The number of carbonyl (C=O) groups is 2. The molecule has 0 saturated heterocycles. The summed E-state index contributed by atoms with van der Waals surface area (Å²) >= 11 is 0. The third-order valence-corrected chi connectivity index (χ3v) is 6.19. The SMILES string of the molecule is CC(C)C(=O)OCc1ccc(OC(=O)C(C)C)c(C(CCN(C(C)C)C(C)C)c2ccccc2)c1.CCC. The zero-order valence-electron chi connectivity index (χ0n) is 25.4. The van der Waals surface area contributed by atoms with E-state index >= 15 is 0 Å². The molecule has 0 aliphatic heterocycles. The highest BCUT2D eigenvalue weighted by Crippen LogP contribution is 2.36. The average Bonchev–Trinajstić information content (AvgIpc) is 2.86. The normalized spacial score (nSPS) is 12.1. The Balaban J connectivity index is 0.00000229. The van der Waals surface area contributed by atoms with E-state index in [1.165, 1.54) is 6.42 Å². The molecule has 2 aromatic carbocycles. The second kappa shape index (κ2) is 17.0. The Morgan fingerprint density at radius 2 is 1.34 bits per heavy atom. The molecule has 0 aliphatic carbocycles. The number of nitrogens with zero attached hydrogens (tertiary/aromatic N) is 1. The van der Waals surface area contributed by atoms with Gasteiger partial charge in [0.2, 0.25) is 0 Å². The smallest absolute Gasteiger partial charge is 0.313 e. The van der Waals surface area contributed by atoms with Crippen LogP contribution in [0.5, 0.6) is 5.75 Å². The second-order valence-electron chi connectivity index (χ2n) is 11.1. The summed E-state index contributed by atoms with van der Waals surface area (Å²) in [6, 6.07) is 16.9. The number of ether oxygens (including phenoxy) is 2. The number of benzene rings is 2. The standard InChI is InChI=1S/C30H43NO4.C3H8/c1-20(2)29(32)34-19-24-14-15-28(35-30(33)21(3)4)27(18-24)26(25-12-10-9-11-13-25)16-17-31(22(5)6)23(7)8;1-3-2/h9-15,18,20-23,26H,16-17,19H2,1-8H3;3H2,1-2H3. The van der Waals surface area contributed by atoms with Crippen LogP contribution >= 0.6 is 0 Å². The third kappa shape index (κ3) is 11.0. The van der Waals surface area contributed by atoms with Crippen LogP contribution in [0, 0.1) is 11.8 Å². The molecule has 5 nitrogen and oxygen atoms in total. The van der Waals surface area contributed by atoms with Crippen molar-refractivity contribution in [2.24, 2.45) is 11.8 Å². The van der Waals surface area contributed by atoms with Gasteiger partial charge in [0.1, 0.15) is 12.4 Å². The molecule has 0 aliphatic rings. The Kier molecular flexibility index (Phi) is 15.0. The predicted octanol–water partition coefficient (Wildman–Crippen LogP) is 8.00. The van der Waals surface area contributed by atoms with Crippen LogP contribution < -0.4 is 4.74 Å². The van der Waals surface area contributed by atoms with Gasteiger partial charge in [-0.3, -0.25) is 14.5 Å². The summed E-state index contributed by atoms with van der Waals surface area (Å²) in [4.78, 5) is 27.1. The van der Waals surface area contributed by atoms with Crippen LogP contribution in [-0.4, -0.2) is 35.5 Å². The lowest BCUT2D eigenvalue weighted by atomic mass is 9.86. The monoisotopic (exact) mass is 525 g/mol. The number of rotatable bonds is 12. The van der Waals surface area contributed by atoms with Gasteiger partial charge < -0.3 is 9.47 Å². The topological polar surface area (TPSA) is 55.8 Å². The number of esters is 2. The van der Waals surface area contributed by atoms with Crippen molar-refractivity contribution in [1.29, 1.82) is 0 Å². The molecule has 0 amide bonds. The van der Waals surface area contributed by atoms with Crippen molar-refractivity contribution in [3.8, 4) is 5.75 Å². The molecule has 0 spiro atoms. The van der Waals surface area contributed by atoms with Gasteiger partial charge in [0.05, 0.1) is 11.8 Å². The number of carbonyl (C=O) groups excluding carboxylic acids is 2. The van der Waals surface area contributed by atoms with E-state index in [1.54, 1.807) is 0 Å². The van der Waals surface area contributed by atoms with Gasteiger partial charge in [-0.15, -0.1) is 0 Å². The van der Waals surface area contributed by atoms with Crippen LogP contribution in [0.1, 0.15) is 105 Å². The molecule has 0 saturated carbocycles. The fourth-order valence-corrected chi connectivity index (χ4v) is 4.18. The quantitative estimate of drug-likeness (QED) is 0.207. The first-order valence-corrected chi connectivity index (χ1v) is 14.2. The molecule has 0 radical (unpaired) electrons. The third-order valence-electron chi connectivity index (χ3n) is 6.19. The lowest BCUT2D eigenvalue weighted by Gasteiger charge is -2.32. The summed E-state index contributed by atoms with van der Waals surface area (Å²) in [5.41, 5.74) is 2.98. The van der Waals surface area contributed by atoms with Gasteiger partial charge >= 0.3 is 11.9 Å². The maximum Gasteiger partial charge on any atom is 0.313 e. The molecule has 0 N–H and O–H groups in total. The van der Waals surface area contributed by atoms with Gasteiger partial charge in [-0.2, -0.15) is 0 Å². The van der Waals surface area contributed by atoms with Crippen LogP contribution in [-0.2, 0) is 20.9 Å². The largest absolute Gasteiger partial charge is 0.461 e. The second-order valence-corrected chi connectivity index (χ2v) is 11.1. The van der Waals surface area contributed by atoms with E-state index in [-0.39, 0.29) is 36.3 Å². The van der Waals surface area contributed by atoms with E-state index in [0.29, 0.717) is 17.8 Å². The molecule has 2 aromatic rings. The minimum atomic E-state index is -0.261. The van der Waals surface area contributed by atoms with Crippen LogP contribution in [0.2, 0.25) is 0 Å². The summed E-state index contributed by atoms with van der Waals surface area (Å²) in [6.45, 7) is 21.5. The van der Waals surface area contributed by atoms with E-state index in [1.807, 2.05) is 64.1 Å². The lowest BCUT2D eigenvalue weighted by Crippen LogP contribution is -2.38. The van der Waals surface area contributed by atoms with Crippen molar-refractivity contribution in [3.63, 3.8) is 0 Å². The summed E-state index contributed by atoms with van der Waals surface area (Å²) < 4.78 is 11.4. The van der Waals surface area contributed by atoms with E-state index in [4.69, 9.17) is 9.47 Å². The first kappa shape index (κ1) is 33.4. The first-order valence-electron chi connectivity index (χ1n) is 14.2. The Bertz CT molecular complexity index is 958. The number of hydrogen-bond donors (Lipinski definition) is 0. The Hall–Kier alpha value is -2.66. The first-order chi connectivity index (χ1) is 17.9. The van der Waals surface area contributed by atoms with Crippen molar-refractivity contribution < 1.29 is 19.1 Å².